The van der Waals surface area contributed by atoms with Gasteiger partial charge >= 0.3 is 6.03 Å². The molecule has 0 saturated carbocycles. The second-order valence-corrected chi connectivity index (χ2v) is 5.26. The van der Waals surface area contributed by atoms with E-state index in [1.807, 2.05) is 13.0 Å². The lowest BCUT2D eigenvalue weighted by Gasteiger charge is -2.08. The maximum Gasteiger partial charge on any atom is 0.312 e. The van der Waals surface area contributed by atoms with E-state index in [-0.39, 0.29) is 5.91 Å². The molecule has 0 aromatic heterocycles. The average Bonchev–Trinajstić information content (AvgIpc) is 2.48. The minimum Gasteiger partial charge on any atom is -0.352 e. The van der Waals surface area contributed by atoms with Crippen molar-refractivity contribution in [2.75, 3.05) is 5.32 Å². The number of primary amides is 1. The fourth-order valence-electron chi connectivity index (χ4n) is 1.88. The van der Waals surface area contributed by atoms with Crippen molar-refractivity contribution in [2.45, 2.75) is 13.5 Å². The van der Waals surface area contributed by atoms with Gasteiger partial charge in [0.2, 0.25) is 0 Å². The van der Waals surface area contributed by atoms with E-state index in [0.29, 0.717) is 22.8 Å². The van der Waals surface area contributed by atoms with Gasteiger partial charge in [0.1, 0.15) is 0 Å². The number of halogens is 1. The van der Waals surface area contributed by atoms with Crippen LogP contribution >= 0.6 is 11.6 Å². The lowest BCUT2D eigenvalue weighted by atomic mass is 10.1. The monoisotopic (exact) mass is 317 g/mol. The Hall–Kier alpha value is -2.53. The maximum absolute atomic E-state index is 12.2. The number of nitrogens with two attached hydrogens (primary N) is 1. The summed E-state index contributed by atoms with van der Waals surface area (Å²) in [6.45, 7) is 2.25. The van der Waals surface area contributed by atoms with Gasteiger partial charge in [0.25, 0.3) is 5.91 Å². The molecule has 2 aromatic rings. The fourth-order valence-corrected chi connectivity index (χ4v) is 2.16. The smallest absolute Gasteiger partial charge is 0.312 e. The van der Waals surface area contributed by atoms with E-state index < -0.39 is 6.03 Å². The predicted octanol–water partition coefficient (Wildman–Crippen LogP) is 3.07. The van der Waals surface area contributed by atoms with Gasteiger partial charge in [-0.2, -0.15) is 0 Å². The third-order valence-corrected chi connectivity index (χ3v) is 3.37. The van der Waals surface area contributed by atoms with Gasteiger partial charge in [-0.3, -0.25) is 4.79 Å². The highest BCUT2D eigenvalue weighted by Crippen LogP contribution is 2.23. The van der Waals surface area contributed by atoms with Crippen LogP contribution < -0.4 is 16.4 Å². The first kappa shape index (κ1) is 15.9. The summed E-state index contributed by atoms with van der Waals surface area (Å²) in [5, 5.41) is 5.74. The largest absolute Gasteiger partial charge is 0.352 e. The summed E-state index contributed by atoms with van der Waals surface area (Å²) < 4.78 is 0. The van der Waals surface area contributed by atoms with Crippen LogP contribution in [-0.4, -0.2) is 11.9 Å². The molecule has 0 heterocycles. The Bertz CT molecular complexity index is 699. The van der Waals surface area contributed by atoms with Crippen molar-refractivity contribution in [1.82, 2.24) is 5.32 Å². The highest BCUT2D eigenvalue weighted by molar-refractivity contribution is 6.34. The Morgan fingerprint density at radius 1 is 1.14 bits per heavy atom. The molecule has 0 atom stereocenters. The Labute approximate surface area is 133 Å². The van der Waals surface area contributed by atoms with Crippen molar-refractivity contribution < 1.29 is 9.59 Å². The number of hydrogen-bond acceptors (Lipinski definition) is 2. The summed E-state index contributed by atoms with van der Waals surface area (Å²) in [5.41, 5.74) is 7.94. The number of hydrogen-bond donors (Lipinski definition) is 3. The molecular weight excluding hydrogens is 302 g/mol. The molecule has 0 aliphatic heterocycles. The first-order valence-corrected chi connectivity index (χ1v) is 7.03. The zero-order valence-corrected chi connectivity index (χ0v) is 12.8. The Morgan fingerprint density at radius 2 is 1.82 bits per heavy atom. The van der Waals surface area contributed by atoms with E-state index in [0.717, 1.165) is 11.1 Å². The molecular formula is C16H16ClN3O2. The maximum atomic E-state index is 12.2. The second kappa shape index (κ2) is 6.95. The number of rotatable bonds is 4. The number of carbonyl (C=O) groups is 2. The molecule has 2 aromatic carbocycles. The second-order valence-electron chi connectivity index (χ2n) is 4.85. The van der Waals surface area contributed by atoms with Crippen LogP contribution in [0.5, 0.6) is 0 Å². The van der Waals surface area contributed by atoms with E-state index in [2.05, 4.69) is 10.6 Å². The molecule has 0 unspecified atom stereocenters. The van der Waals surface area contributed by atoms with Gasteiger partial charge < -0.3 is 16.4 Å². The number of anilines is 1. The summed E-state index contributed by atoms with van der Waals surface area (Å²) >= 11 is 6.09. The van der Waals surface area contributed by atoms with Gasteiger partial charge in [-0.25, -0.2) is 4.79 Å². The van der Waals surface area contributed by atoms with Gasteiger partial charge in [0, 0.05) is 12.1 Å². The van der Waals surface area contributed by atoms with Gasteiger partial charge in [-0.05, 0) is 42.3 Å². The van der Waals surface area contributed by atoms with Gasteiger partial charge in [-0.1, -0.05) is 29.8 Å². The minimum absolute atomic E-state index is 0.250. The zero-order chi connectivity index (χ0) is 16.1. The van der Waals surface area contributed by atoms with Crippen molar-refractivity contribution in [3.05, 3.63) is 64.2 Å². The fraction of sp³-hybridized carbons (Fsp3) is 0.125. The Morgan fingerprint density at radius 3 is 2.41 bits per heavy atom. The molecule has 22 heavy (non-hydrogen) atoms. The molecule has 2 rings (SSSR count). The first-order valence-electron chi connectivity index (χ1n) is 6.65. The molecule has 0 aliphatic carbocycles. The highest BCUT2D eigenvalue weighted by Gasteiger charge is 2.08. The molecule has 6 heteroatoms. The van der Waals surface area contributed by atoms with Crippen molar-refractivity contribution in [2.24, 2.45) is 5.73 Å². The quantitative estimate of drug-likeness (QED) is 0.809. The van der Waals surface area contributed by atoms with E-state index in [1.54, 1.807) is 36.4 Å². The number of aryl methyl sites for hydroxylation is 1. The third-order valence-electron chi connectivity index (χ3n) is 3.06. The molecule has 0 radical (unpaired) electrons. The predicted molar refractivity (Wildman–Crippen MR) is 87.0 cm³/mol. The van der Waals surface area contributed by atoms with Crippen LogP contribution in [0.15, 0.2) is 42.5 Å². The van der Waals surface area contributed by atoms with Gasteiger partial charge in [0.15, 0.2) is 0 Å². The molecule has 114 valence electrons. The van der Waals surface area contributed by atoms with Crippen LogP contribution in [0.1, 0.15) is 21.5 Å². The molecule has 0 fully saturated rings. The summed E-state index contributed by atoms with van der Waals surface area (Å²) in [6, 6.07) is 11.7. The molecule has 3 amide bonds. The molecule has 0 spiro atoms. The normalized spacial score (nSPS) is 10.1. The Balaban J connectivity index is 2.04. The van der Waals surface area contributed by atoms with E-state index in [1.165, 1.54) is 0 Å². The molecule has 0 saturated heterocycles. The topological polar surface area (TPSA) is 84.2 Å². The molecule has 0 aliphatic rings. The SMILES string of the molecule is Cc1ccc(NC(=O)c2ccc(CNC(N)=O)cc2)c(Cl)c1. The Kier molecular flexibility index (Phi) is 5.01. The number of amides is 3. The van der Waals surface area contributed by atoms with Crippen molar-refractivity contribution in [3.8, 4) is 0 Å². The number of nitrogens with one attached hydrogen (secondary N) is 2. The molecule has 4 N–H and O–H groups in total. The summed E-state index contributed by atoms with van der Waals surface area (Å²) in [4.78, 5) is 22.8. The van der Waals surface area contributed by atoms with Crippen molar-refractivity contribution in [3.63, 3.8) is 0 Å². The van der Waals surface area contributed by atoms with Crippen molar-refractivity contribution >= 4 is 29.2 Å². The summed E-state index contributed by atoms with van der Waals surface area (Å²) in [6.07, 6.45) is 0. The zero-order valence-electron chi connectivity index (χ0n) is 12.0. The highest BCUT2D eigenvalue weighted by atomic mass is 35.5. The third kappa shape index (κ3) is 4.23. The number of urea groups is 1. The standard InChI is InChI=1S/C16H16ClN3O2/c1-10-2-7-14(13(17)8-10)20-15(21)12-5-3-11(4-6-12)9-19-16(18)22/h2-8H,9H2,1H3,(H,20,21)(H3,18,19,22). The van der Waals surface area contributed by atoms with E-state index >= 15 is 0 Å². The first-order chi connectivity index (χ1) is 10.5. The lowest BCUT2D eigenvalue weighted by molar-refractivity contribution is 0.102. The number of benzene rings is 2. The van der Waals surface area contributed by atoms with Crippen LogP contribution in [0.4, 0.5) is 10.5 Å². The van der Waals surface area contributed by atoms with Crippen LogP contribution in [0.25, 0.3) is 0 Å². The van der Waals surface area contributed by atoms with Crippen LogP contribution in [-0.2, 0) is 6.54 Å². The minimum atomic E-state index is -0.587. The summed E-state index contributed by atoms with van der Waals surface area (Å²) in [7, 11) is 0. The number of carbonyl (C=O) groups excluding carboxylic acids is 2. The van der Waals surface area contributed by atoms with Crippen LogP contribution in [0.3, 0.4) is 0 Å². The average molecular weight is 318 g/mol. The van der Waals surface area contributed by atoms with Gasteiger partial charge in [-0.15, -0.1) is 0 Å². The lowest BCUT2D eigenvalue weighted by Crippen LogP contribution is -2.28. The van der Waals surface area contributed by atoms with Crippen LogP contribution in [0, 0.1) is 6.92 Å². The summed E-state index contributed by atoms with van der Waals surface area (Å²) in [5.74, 6) is -0.250. The van der Waals surface area contributed by atoms with E-state index in [4.69, 9.17) is 17.3 Å². The van der Waals surface area contributed by atoms with E-state index in [9.17, 15) is 9.59 Å². The van der Waals surface area contributed by atoms with Crippen LogP contribution in [0.2, 0.25) is 5.02 Å². The molecule has 5 nitrogen and oxygen atoms in total. The van der Waals surface area contributed by atoms with Gasteiger partial charge in [0.05, 0.1) is 10.7 Å². The molecule has 0 bridgehead atoms. The van der Waals surface area contributed by atoms with Crippen molar-refractivity contribution in [1.29, 1.82) is 0 Å².